The Hall–Kier alpha value is -5.76. The lowest BCUT2D eigenvalue weighted by molar-refractivity contribution is -0.342. The van der Waals surface area contributed by atoms with Crippen molar-refractivity contribution in [3.8, 4) is 6.07 Å². The first-order valence-electron chi connectivity index (χ1n) is 21.9. The Morgan fingerprint density at radius 3 is 1.71 bits per heavy atom. The number of nitriles is 1. The van der Waals surface area contributed by atoms with Gasteiger partial charge in [-0.2, -0.15) is 18.4 Å². The van der Waals surface area contributed by atoms with E-state index in [1.165, 1.54) is 6.07 Å². The predicted octanol–water partition coefficient (Wildman–Crippen LogP) is 8.72. The van der Waals surface area contributed by atoms with Crippen molar-refractivity contribution >= 4 is 17.5 Å². The van der Waals surface area contributed by atoms with Gasteiger partial charge >= 0.3 is 6.18 Å². The third-order valence-electron chi connectivity index (χ3n) is 13.1. The van der Waals surface area contributed by atoms with Gasteiger partial charge in [0.15, 0.2) is 6.29 Å². The van der Waals surface area contributed by atoms with Gasteiger partial charge in [0.25, 0.3) is 0 Å². The van der Waals surface area contributed by atoms with Crippen LogP contribution in [0, 0.1) is 23.2 Å². The lowest BCUT2D eigenvalue weighted by Gasteiger charge is -2.47. The zero-order chi connectivity index (χ0) is 46.1. The predicted molar refractivity (Wildman–Crippen MR) is 233 cm³/mol. The van der Waals surface area contributed by atoms with E-state index in [0.717, 1.165) is 33.2 Å². The first-order chi connectivity index (χ1) is 31.9. The van der Waals surface area contributed by atoms with Crippen LogP contribution < -0.4 is 4.90 Å². The number of carbonyl (C=O) groups excluding carboxylic acids is 2. The molecular formula is C52H49F3N2O9. The van der Waals surface area contributed by atoms with E-state index in [4.69, 9.17) is 33.2 Å². The highest BCUT2D eigenvalue weighted by molar-refractivity contribution is 6.23. The summed E-state index contributed by atoms with van der Waals surface area (Å²) >= 11 is 0. The minimum atomic E-state index is -4.90. The third-order valence-corrected chi connectivity index (χ3v) is 13.1. The Balaban J connectivity index is 1.06. The van der Waals surface area contributed by atoms with Gasteiger partial charge in [-0.1, -0.05) is 121 Å². The number of carbonyl (C=O) groups is 2. The van der Waals surface area contributed by atoms with Crippen LogP contribution in [0.15, 0.2) is 140 Å². The molecule has 9 rings (SSSR count). The van der Waals surface area contributed by atoms with E-state index in [1.54, 1.807) is 19.9 Å². The van der Waals surface area contributed by atoms with Crippen molar-refractivity contribution in [3.63, 3.8) is 0 Å². The number of amides is 2. The number of rotatable bonds is 16. The van der Waals surface area contributed by atoms with E-state index in [9.17, 15) is 28.0 Å². The lowest BCUT2D eigenvalue weighted by Crippen LogP contribution is -2.63. The van der Waals surface area contributed by atoms with Gasteiger partial charge in [0, 0.05) is 6.42 Å². The van der Waals surface area contributed by atoms with Crippen molar-refractivity contribution in [2.45, 2.75) is 101 Å². The highest BCUT2D eigenvalue weighted by Gasteiger charge is 2.76. The van der Waals surface area contributed by atoms with Crippen molar-refractivity contribution in [2.24, 2.45) is 11.8 Å². The number of ether oxygens (including phenoxy) is 7. The average Bonchev–Trinajstić information content (AvgIpc) is 3.86. The summed E-state index contributed by atoms with van der Waals surface area (Å²) < 4.78 is 89.8. The second-order valence-corrected chi connectivity index (χ2v) is 17.6. The van der Waals surface area contributed by atoms with E-state index < -0.39 is 89.0 Å². The van der Waals surface area contributed by atoms with Crippen molar-refractivity contribution in [1.82, 2.24) is 0 Å². The van der Waals surface area contributed by atoms with Gasteiger partial charge in [-0.05, 0) is 54.3 Å². The molecule has 0 aromatic heterocycles. The first kappa shape index (κ1) is 45.4. The number of halogens is 3. The molecule has 4 aliphatic heterocycles. The quantitative estimate of drug-likeness (QED) is 0.0889. The minimum Gasteiger partial charge on any atom is -0.374 e. The van der Waals surface area contributed by atoms with E-state index in [2.05, 4.69) is 0 Å². The second-order valence-electron chi connectivity index (χ2n) is 17.6. The standard InChI is InChI=1S/C52H49F3N2O9/c1-50-26-41(51(2,66-50)43-42(50)47(58)57(48(43)59)38-24-23-37(27-56)39(25-38)52(53,54)55)65-49-46(63-31-36-21-13-6-14-22-36)45(62-30-35-19-11-5-12-20-35)44(61-29-34-17-9-4-10-18-34)40(64-49)32-60-28-33-15-7-3-8-16-33/h3-25,40-46,49H,26,28-32H2,1-2H3/t40-,41-,42+,43-,44-,45+,46-,49?,50?,51?/m1/s1. The molecule has 4 aliphatic rings. The highest BCUT2D eigenvalue weighted by Crippen LogP contribution is 2.62. The molecule has 2 amide bonds. The zero-order valence-corrected chi connectivity index (χ0v) is 36.3. The molecule has 4 saturated heterocycles. The molecule has 66 heavy (non-hydrogen) atoms. The third kappa shape index (κ3) is 9.05. The summed E-state index contributed by atoms with van der Waals surface area (Å²) in [6.07, 6.45) is -10.1. The van der Waals surface area contributed by atoms with Gasteiger partial charge in [-0.15, -0.1) is 0 Å². The van der Waals surface area contributed by atoms with Crippen molar-refractivity contribution < 1.29 is 55.9 Å². The summed E-state index contributed by atoms with van der Waals surface area (Å²) in [6.45, 7) is 4.33. The largest absolute Gasteiger partial charge is 0.417 e. The number of fused-ring (bicyclic) bond motifs is 5. The van der Waals surface area contributed by atoms with E-state index in [1.807, 2.05) is 121 Å². The number of anilines is 1. The average molecular weight is 903 g/mol. The highest BCUT2D eigenvalue weighted by atomic mass is 19.4. The molecule has 0 aliphatic carbocycles. The molecule has 5 aromatic rings. The fourth-order valence-corrected chi connectivity index (χ4v) is 9.96. The molecular weight excluding hydrogens is 854 g/mol. The van der Waals surface area contributed by atoms with Crippen molar-refractivity contribution in [1.29, 1.82) is 5.26 Å². The van der Waals surface area contributed by atoms with Crippen LogP contribution in [0.2, 0.25) is 0 Å². The molecule has 5 aromatic carbocycles. The summed E-state index contributed by atoms with van der Waals surface area (Å²) in [5.74, 6) is -3.56. The first-order valence-corrected chi connectivity index (χ1v) is 21.9. The summed E-state index contributed by atoms with van der Waals surface area (Å²) in [4.78, 5) is 29.6. The monoisotopic (exact) mass is 902 g/mol. The Kier molecular flexibility index (Phi) is 13.0. The summed E-state index contributed by atoms with van der Waals surface area (Å²) in [6, 6.07) is 43.2. The number of alkyl halides is 3. The number of nitrogens with zero attached hydrogens (tertiary/aromatic N) is 2. The van der Waals surface area contributed by atoms with Crippen LogP contribution >= 0.6 is 0 Å². The lowest BCUT2D eigenvalue weighted by atomic mass is 9.67. The summed E-state index contributed by atoms with van der Waals surface area (Å²) in [7, 11) is 0. The van der Waals surface area contributed by atoms with E-state index >= 15 is 0 Å². The van der Waals surface area contributed by atoms with Crippen molar-refractivity contribution in [2.75, 3.05) is 11.5 Å². The zero-order valence-electron chi connectivity index (χ0n) is 36.3. The maximum atomic E-state index is 14.5. The smallest absolute Gasteiger partial charge is 0.374 e. The maximum Gasteiger partial charge on any atom is 0.417 e. The molecule has 10 atom stereocenters. The topological polar surface area (TPSA) is 126 Å². The number of hydrogen-bond donors (Lipinski definition) is 0. The van der Waals surface area contributed by atoms with Gasteiger partial charge in [0.1, 0.15) is 30.0 Å². The second kappa shape index (κ2) is 18.9. The number of hydrogen-bond acceptors (Lipinski definition) is 10. The molecule has 14 heteroatoms. The van der Waals surface area contributed by atoms with Gasteiger partial charge in [-0.25, -0.2) is 4.90 Å². The molecule has 0 N–H and O–H groups in total. The summed E-state index contributed by atoms with van der Waals surface area (Å²) in [5, 5.41) is 9.42. The molecule has 3 unspecified atom stereocenters. The molecule has 11 nitrogen and oxygen atoms in total. The van der Waals surface area contributed by atoms with Crippen LogP contribution in [-0.2, 0) is 75.4 Å². The molecule has 342 valence electrons. The maximum absolute atomic E-state index is 14.5. The number of benzene rings is 5. The van der Waals surface area contributed by atoms with E-state index in [0.29, 0.717) is 6.07 Å². The van der Waals surface area contributed by atoms with Crippen LogP contribution in [0.3, 0.4) is 0 Å². The SMILES string of the molecule is CC12C[C@@H](OC3O[C@H](COCc4ccccc4)[C@@H](OCc4ccccc4)[C@H](OCc4ccccc4)[C@H]3OCc3ccccc3)C(C)(O1)[C@H]1C(=O)N(c3ccc(C#N)c(C(F)(F)F)c3)C(=O)[C@H]12. The molecule has 2 bridgehead atoms. The van der Waals surface area contributed by atoms with Gasteiger partial charge in [0.2, 0.25) is 11.8 Å². The fourth-order valence-electron chi connectivity index (χ4n) is 9.96. The van der Waals surface area contributed by atoms with Crippen LogP contribution in [0.4, 0.5) is 18.9 Å². The van der Waals surface area contributed by atoms with Crippen molar-refractivity contribution in [3.05, 3.63) is 173 Å². The molecule has 0 saturated carbocycles. The Bertz CT molecular complexity index is 2530. The van der Waals surface area contributed by atoms with Gasteiger partial charge in [0.05, 0.1) is 79.5 Å². The van der Waals surface area contributed by atoms with Crippen LogP contribution in [0.1, 0.15) is 53.6 Å². The molecule has 4 heterocycles. The normalized spacial score (nSPS) is 29.2. The van der Waals surface area contributed by atoms with E-state index in [-0.39, 0.29) is 45.1 Å². The van der Waals surface area contributed by atoms with Crippen LogP contribution in [-0.4, -0.2) is 66.4 Å². The fraction of sp³-hybridized carbons (Fsp3) is 0.365. The number of imide groups is 1. The minimum absolute atomic E-state index is 0.0676. The molecule has 4 fully saturated rings. The Labute approximate surface area is 380 Å². The van der Waals surface area contributed by atoms with Gasteiger partial charge in [-0.3, -0.25) is 9.59 Å². The van der Waals surface area contributed by atoms with Gasteiger partial charge < -0.3 is 33.2 Å². The molecule has 0 spiro atoms. The Morgan fingerprint density at radius 1 is 0.682 bits per heavy atom. The summed E-state index contributed by atoms with van der Waals surface area (Å²) in [5.41, 5.74) is -1.15. The molecule has 0 radical (unpaired) electrons. The van der Waals surface area contributed by atoms with Crippen LogP contribution in [0.5, 0.6) is 0 Å². The van der Waals surface area contributed by atoms with Crippen LogP contribution in [0.25, 0.3) is 0 Å². The Morgan fingerprint density at radius 2 is 1.18 bits per heavy atom.